The summed E-state index contributed by atoms with van der Waals surface area (Å²) in [5.74, 6) is 6.65. The maximum Gasteiger partial charge on any atom is 0.268 e. The fourth-order valence-corrected chi connectivity index (χ4v) is 2.60. The summed E-state index contributed by atoms with van der Waals surface area (Å²) in [5, 5.41) is 1.32. The van der Waals surface area contributed by atoms with Gasteiger partial charge in [-0.1, -0.05) is 30.3 Å². The molecule has 0 bridgehead atoms. The fraction of sp³-hybridized carbons (Fsp3) is 0.188. The van der Waals surface area contributed by atoms with Gasteiger partial charge in [-0.2, -0.15) is 0 Å². The van der Waals surface area contributed by atoms with Gasteiger partial charge in [0.05, 0.1) is 13.2 Å². The number of methoxy groups -OCH3 is 1. The van der Waals surface area contributed by atoms with Crippen LogP contribution in [-0.2, 0) is 6.42 Å². The molecule has 3 rings (SSSR count). The maximum atomic E-state index is 12.3. The van der Waals surface area contributed by atoms with Gasteiger partial charge in [0.1, 0.15) is 5.75 Å². The molecule has 1 aliphatic rings. The van der Waals surface area contributed by atoms with Gasteiger partial charge in [-0.15, -0.1) is 0 Å². The molecular formula is C16H16N2O2. The lowest BCUT2D eigenvalue weighted by Gasteiger charge is -2.33. The predicted octanol–water partition coefficient (Wildman–Crippen LogP) is 2.31. The predicted molar refractivity (Wildman–Crippen MR) is 76.2 cm³/mol. The number of hydrogen-bond acceptors (Lipinski definition) is 3. The Labute approximate surface area is 117 Å². The topological polar surface area (TPSA) is 55.6 Å². The first-order valence-electron chi connectivity index (χ1n) is 6.51. The Balaban J connectivity index is 1.97. The average molecular weight is 268 g/mol. The lowest BCUT2D eigenvalue weighted by molar-refractivity contribution is 0.0647. The Morgan fingerprint density at radius 2 is 1.85 bits per heavy atom. The van der Waals surface area contributed by atoms with Crippen LogP contribution in [0.1, 0.15) is 27.5 Å². The van der Waals surface area contributed by atoms with Gasteiger partial charge in [0, 0.05) is 5.56 Å². The molecule has 4 nitrogen and oxygen atoms in total. The largest absolute Gasteiger partial charge is 0.497 e. The van der Waals surface area contributed by atoms with Crippen LogP contribution in [0.15, 0.2) is 48.5 Å². The number of nitrogens with zero attached hydrogens (tertiary/aromatic N) is 1. The maximum absolute atomic E-state index is 12.3. The van der Waals surface area contributed by atoms with Gasteiger partial charge in [-0.3, -0.25) is 9.80 Å². The van der Waals surface area contributed by atoms with E-state index in [1.165, 1.54) is 5.01 Å². The second kappa shape index (κ2) is 4.98. The number of amides is 1. The Morgan fingerprint density at radius 3 is 2.55 bits per heavy atom. The van der Waals surface area contributed by atoms with E-state index < -0.39 is 0 Å². The summed E-state index contributed by atoms with van der Waals surface area (Å²) >= 11 is 0. The highest BCUT2D eigenvalue weighted by molar-refractivity contribution is 5.96. The molecule has 0 fully saturated rings. The standard InChI is InChI=1S/C16H16N2O2/c1-20-13-8-6-11(7-9-13)15-10-12-4-2-3-5-14(12)16(19)18(15)17/h2-9,15H,10,17H2,1H3. The highest BCUT2D eigenvalue weighted by atomic mass is 16.5. The van der Waals surface area contributed by atoms with E-state index in [1.54, 1.807) is 7.11 Å². The molecule has 2 aromatic rings. The van der Waals surface area contributed by atoms with Crippen LogP contribution in [0.4, 0.5) is 0 Å². The van der Waals surface area contributed by atoms with Gasteiger partial charge in [0.15, 0.2) is 0 Å². The van der Waals surface area contributed by atoms with E-state index in [0.29, 0.717) is 5.56 Å². The molecular weight excluding hydrogens is 252 g/mol. The summed E-state index contributed by atoms with van der Waals surface area (Å²) in [6, 6.07) is 15.1. The molecule has 1 heterocycles. The molecule has 102 valence electrons. The number of ether oxygens (including phenoxy) is 1. The fourth-order valence-electron chi connectivity index (χ4n) is 2.60. The van der Waals surface area contributed by atoms with Crippen molar-refractivity contribution in [1.82, 2.24) is 5.01 Å². The van der Waals surface area contributed by atoms with E-state index in [2.05, 4.69) is 0 Å². The van der Waals surface area contributed by atoms with Crippen LogP contribution in [0.25, 0.3) is 0 Å². The van der Waals surface area contributed by atoms with Crippen molar-refractivity contribution in [1.29, 1.82) is 0 Å². The number of fused-ring (bicyclic) bond motifs is 1. The van der Waals surface area contributed by atoms with Crippen LogP contribution < -0.4 is 10.6 Å². The smallest absolute Gasteiger partial charge is 0.268 e. The van der Waals surface area contributed by atoms with Crippen LogP contribution in [0.3, 0.4) is 0 Å². The van der Waals surface area contributed by atoms with Crippen molar-refractivity contribution in [2.45, 2.75) is 12.5 Å². The summed E-state index contributed by atoms with van der Waals surface area (Å²) in [6.45, 7) is 0. The number of carbonyl (C=O) groups is 1. The summed E-state index contributed by atoms with van der Waals surface area (Å²) in [7, 11) is 1.63. The molecule has 1 amide bonds. The zero-order valence-corrected chi connectivity index (χ0v) is 11.2. The van der Waals surface area contributed by atoms with Crippen molar-refractivity contribution in [3.8, 4) is 5.75 Å². The van der Waals surface area contributed by atoms with Crippen molar-refractivity contribution in [3.05, 3.63) is 65.2 Å². The number of nitrogens with two attached hydrogens (primary N) is 1. The molecule has 1 atom stereocenters. The van der Waals surface area contributed by atoms with Crippen LogP contribution >= 0.6 is 0 Å². The van der Waals surface area contributed by atoms with E-state index in [0.717, 1.165) is 23.3 Å². The van der Waals surface area contributed by atoms with Gasteiger partial charge < -0.3 is 4.74 Å². The van der Waals surface area contributed by atoms with E-state index in [4.69, 9.17) is 10.6 Å². The van der Waals surface area contributed by atoms with Gasteiger partial charge in [0.2, 0.25) is 0 Å². The minimum Gasteiger partial charge on any atom is -0.497 e. The quantitative estimate of drug-likeness (QED) is 0.671. The Kier molecular flexibility index (Phi) is 3.16. The number of carbonyl (C=O) groups excluding carboxylic acids is 1. The zero-order valence-electron chi connectivity index (χ0n) is 11.2. The molecule has 0 radical (unpaired) electrons. The summed E-state index contributed by atoms with van der Waals surface area (Å²) in [5.41, 5.74) is 2.75. The second-order valence-electron chi connectivity index (χ2n) is 4.86. The minimum atomic E-state index is -0.136. The summed E-state index contributed by atoms with van der Waals surface area (Å²) in [4.78, 5) is 12.3. The van der Waals surface area contributed by atoms with E-state index in [1.807, 2.05) is 48.5 Å². The van der Waals surface area contributed by atoms with Gasteiger partial charge in [-0.25, -0.2) is 5.84 Å². The molecule has 0 spiro atoms. The SMILES string of the molecule is COc1ccc(C2Cc3ccccc3C(=O)N2N)cc1. The monoisotopic (exact) mass is 268 g/mol. The van der Waals surface area contributed by atoms with Crippen LogP contribution in [-0.4, -0.2) is 18.0 Å². The van der Waals surface area contributed by atoms with Gasteiger partial charge in [-0.05, 0) is 35.7 Å². The third kappa shape index (κ3) is 2.04. The number of benzene rings is 2. The van der Waals surface area contributed by atoms with Crippen molar-refractivity contribution < 1.29 is 9.53 Å². The van der Waals surface area contributed by atoms with Crippen molar-refractivity contribution in [2.75, 3.05) is 7.11 Å². The Hall–Kier alpha value is -2.33. The molecule has 2 N–H and O–H groups in total. The lowest BCUT2D eigenvalue weighted by Crippen LogP contribution is -2.45. The van der Waals surface area contributed by atoms with Crippen LogP contribution in [0.5, 0.6) is 5.75 Å². The molecule has 0 aromatic heterocycles. The van der Waals surface area contributed by atoms with Crippen molar-refractivity contribution in [3.63, 3.8) is 0 Å². The molecule has 1 aliphatic heterocycles. The molecule has 2 aromatic carbocycles. The third-order valence-corrected chi connectivity index (χ3v) is 3.73. The molecule has 1 unspecified atom stereocenters. The van der Waals surface area contributed by atoms with E-state index in [-0.39, 0.29) is 11.9 Å². The first-order chi connectivity index (χ1) is 9.70. The van der Waals surface area contributed by atoms with E-state index >= 15 is 0 Å². The first kappa shape index (κ1) is 12.7. The van der Waals surface area contributed by atoms with Crippen LogP contribution in [0, 0.1) is 0 Å². The average Bonchev–Trinajstić information content (AvgIpc) is 2.51. The van der Waals surface area contributed by atoms with Crippen LogP contribution in [0.2, 0.25) is 0 Å². The van der Waals surface area contributed by atoms with Gasteiger partial charge >= 0.3 is 0 Å². The second-order valence-corrected chi connectivity index (χ2v) is 4.86. The molecule has 20 heavy (non-hydrogen) atoms. The normalized spacial score (nSPS) is 17.8. The number of rotatable bonds is 2. The Bertz CT molecular complexity index is 637. The lowest BCUT2D eigenvalue weighted by atomic mass is 9.90. The number of hydrogen-bond donors (Lipinski definition) is 1. The highest BCUT2D eigenvalue weighted by Gasteiger charge is 2.31. The first-order valence-corrected chi connectivity index (χ1v) is 6.51. The van der Waals surface area contributed by atoms with Crippen molar-refractivity contribution >= 4 is 5.91 Å². The van der Waals surface area contributed by atoms with Crippen molar-refractivity contribution in [2.24, 2.45) is 5.84 Å². The Morgan fingerprint density at radius 1 is 1.15 bits per heavy atom. The molecule has 4 heteroatoms. The summed E-state index contributed by atoms with van der Waals surface area (Å²) < 4.78 is 5.15. The highest BCUT2D eigenvalue weighted by Crippen LogP contribution is 2.31. The molecule has 0 saturated heterocycles. The summed E-state index contributed by atoms with van der Waals surface area (Å²) in [6.07, 6.45) is 0.727. The molecule has 0 aliphatic carbocycles. The zero-order chi connectivity index (χ0) is 14.1. The number of hydrazine groups is 1. The molecule has 0 saturated carbocycles. The third-order valence-electron chi connectivity index (χ3n) is 3.73. The van der Waals surface area contributed by atoms with Gasteiger partial charge in [0.25, 0.3) is 5.91 Å². The minimum absolute atomic E-state index is 0.132. The van der Waals surface area contributed by atoms with E-state index in [9.17, 15) is 4.79 Å².